The van der Waals surface area contributed by atoms with Gasteiger partial charge in [-0.05, 0) is 49.9 Å². The van der Waals surface area contributed by atoms with Gasteiger partial charge in [-0.1, -0.05) is 42.5 Å². The molecule has 0 radical (unpaired) electrons. The fourth-order valence-electron chi connectivity index (χ4n) is 3.26. The van der Waals surface area contributed by atoms with Gasteiger partial charge >= 0.3 is 6.09 Å². The number of aromatic nitrogens is 1. The molecule has 1 aromatic heterocycles. The Morgan fingerprint density at radius 1 is 1.11 bits per heavy atom. The van der Waals surface area contributed by atoms with E-state index in [4.69, 9.17) is 10.5 Å². The highest BCUT2D eigenvalue weighted by atomic mass is 16.6. The van der Waals surface area contributed by atoms with Crippen molar-refractivity contribution < 1.29 is 9.53 Å². The molecule has 5 heteroatoms. The summed E-state index contributed by atoms with van der Waals surface area (Å²) in [7, 11) is 0. The van der Waals surface area contributed by atoms with Crippen LogP contribution >= 0.6 is 0 Å². The molecule has 0 aliphatic heterocycles. The summed E-state index contributed by atoms with van der Waals surface area (Å²) in [5.41, 5.74) is 10.1. The smallest absolute Gasteiger partial charge is 0.407 e. The molecule has 0 spiro atoms. The van der Waals surface area contributed by atoms with Crippen LogP contribution in [0.3, 0.4) is 0 Å². The second kappa shape index (κ2) is 8.48. The van der Waals surface area contributed by atoms with E-state index in [1.807, 2.05) is 26.8 Å². The number of nitrogens with two attached hydrogens (primary N) is 1. The molecule has 3 N–H and O–H groups in total. The van der Waals surface area contributed by atoms with E-state index in [1.165, 1.54) is 22.0 Å². The maximum atomic E-state index is 11.9. The first-order valence-corrected chi connectivity index (χ1v) is 9.67. The number of ether oxygens (including phenoxy) is 1. The Kier molecular flexibility index (Phi) is 6.05. The van der Waals surface area contributed by atoms with Gasteiger partial charge in [-0.15, -0.1) is 0 Å². The monoisotopic (exact) mass is 379 g/mol. The van der Waals surface area contributed by atoms with Crippen molar-refractivity contribution in [1.29, 1.82) is 0 Å². The summed E-state index contributed by atoms with van der Waals surface area (Å²) in [6.07, 6.45) is 2.53. The Hall–Kier alpha value is -2.79. The topological polar surface area (TPSA) is 69.3 Å². The SMILES string of the molecule is CC(C)(C)OC(=O)NCCc1cn(Cc2ccccc2)c2cc(CN)ccc12. The molecule has 0 aliphatic rings. The van der Waals surface area contributed by atoms with Crippen LogP contribution in [0.15, 0.2) is 54.7 Å². The van der Waals surface area contributed by atoms with Crippen molar-refractivity contribution in [3.63, 3.8) is 0 Å². The molecule has 0 atom stereocenters. The summed E-state index contributed by atoms with van der Waals surface area (Å²) in [6, 6.07) is 16.7. The van der Waals surface area contributed by atoms with E-state index < -0.39 is 5.60 Å². The van der Waals surface area contributed by atoms with Crippen LogP contribution in [0.1, 0.15) is 37.5 Å². The first-order valence-electron chi connectivity index (χ1n) is 9.67. The van der Waals surface area contributed by atoms with Crippen LogP contribution in [0, 0.1) is 0 Å². The molecule has 1 heterocycles. The molecule has 148 valence electrons. The Morgan fingerprint density at radius 2 is 1.86 bits per heavy atom. The molecule has 2 aromatic carbocycles. The van der Waals surface area contributed by atoms with Gasteiger partial charge in [0.1, 0.15) is 5.60 Å². The molecular weight excluding hydrogens is 350 g/mol. The number of fused-ring (bicyclic) bond motifs is 1. The fourth-order valence-corrected chi connectivity index (χ4v) is 3.26. The highest BCUT2D eigenvalue weighted by molar-refractivity contribution is 5.85. The average molecular weight is 380 g/mol. The zero-order valence-electron chi connectivity index (χ0n) is 16.9. The summed E-state index contributed by atoms with van der Waals surface area (Å²) < 4.78 is 7.57. The lowest BCUT2D eigenvalue weighted by molar-refractivity contribution is 0.0528. The van der Waals surface area contributed by atoms with Crippen molar-refractivity contribution in [2.45, 2.75) is 45.9 Å². The molecule has 3 aromatic rings. The van der Waals surface area contributed by atoms with Gasteiger partial charge in [0.25, 0.3) is 0 Å². The zero-order valence-corrected chi connectivity index (χ0v) is 16.9. The molecular formula is C23H29N3O2. The minimum Gasteiger partial charge on any atom is -0.444 e. The Labute approximate surface area is 166 Å². The number of nitrogens with zero attached hydrogens (tertiary/aromatic N) is 1. The number of rotatable bonds is 6. The average Bonchev–Trinajstić information content (AvgIpc) is 2.98. The van der Waals surface area contributed by atoms with Crippen LogP contribution in [0.2, 0.25) is 0 Å². The maximum Gasteiger partial charge on any atom is 0.407 e. The summed E-state index contributed by atoms with van der Waals surface area (Å²) in [4.78, 5) is 11.9. The maximum absolute atomic E-state index is 11.9. The van der Waals surface area contributed by atoms with Gasteiger partial charge < -0.3 is 20.4 Å². The van der Waals surface area contributed by atoms with E-state index in [2.05, 4.69) is 58.5 Å². The lowest BCUT2D eigenvalue weighted by atomic mass is 10.1. The zero-order chi connectivity index (χ0) is 20.1. The third kappa shape index (κ3) is 5.14. The number of hydrogen-bond acceptors (Lipinski definition) is 3. The summed E-state index contributed by atoms with van der Waals surface area (Å²) in [5, 5.41) is 4.04. The number of carbonyl (C=O) groups excluding carboxylic acids is 1. The lowest BCUT2D eigenvalue weighted by Gasteiger charge is -2.19. The molecule has 0 fully saturated rings. The Balaban J connectivity index is 1.79. The third-order valence-electron chi connectivity index (χ3n) is 4.52. The van der Waals surface area contributed by atoms with Crippen molar-refractivity contribution in [3.05, 3.63) is 71.4 Å². The van der Waals surface area contributed by atoms with Gasteiger partial charge in [0.2, 0.25) is 0 Å². The molecule has 0 aliphatic carbocycles. The van der Waals surface area contributed by atoms with E-state index >= 15 is 0 Å². The number of nitrogens with one attached hydrogen (secondary N) is 1. The summed E-state index contributed by atoms with van der Waals surface area (Å²) >= 11 is 0. The third-order valence-corrected chi connectivity index (χ3v) is 4.52. The predicted molar refractivity (Wildman–Crippen MR) is 113 cm³/mol. The minimum atomic E-state index is -0.492. The minimum absolute atomic E-state index is 0.383. The molecule has 28 heavy (non-hydrogen) atoms. The van der Waals surface area contributed by atoms with E-state index in [0.29, 0.717) is 13.1 Å². The molecule has 0 bridgehead atoms. The molecule has 0 saturated heterocycles. The van der Waals surface area contributed by atoms with Crippen molar-refractivity contribution in [2.24, 2.45) is 5.73 Å². The second-order valence-corrected chi connectivity index (χ2v) is 8.00. The fraction of sp³-hybridized carbons (Fsp3) is 0.348. The molecule has 1 amide bonds. The molecule has 5 nitrogen and oxygen atoms in total. The summed E-state index contributed by atoms with van der Waals surface area (Å²) in [5.74, 6) is 0. The quantitative estimate of drug-likeness (QED) is 0.674. The van der Waals surface area contributed by atoms with Gasteiger partial charge in [0.05, 0.1) is 0 Å². The Bertz CT molecular complexity index is 940. The van der Waals surface area contributed by atoms with Gasteiger partial charge in [-0.2, -0.15) is 0 Å². The van der Waals surface area contributed by atoms with Crippen molar-refractivity contribution in [3.8, 4) is 0 Å². The number of benzene rings is 2. The normalized spacial score (nSPS) is 11.6. The van der Waals surface area contributed by atoms with E-state index in [-0.39, 0.29) is 6.09 Å². The van der Waals surface area contributed by atoms with Crippen LogP contribution in [0.25, 0.3) is 10.9 Å². The highest BCUT2D eigenvalue weighted by Crippen LogP contribution is 2.24. The van der Waals surface area contributed by atoms with E-state index in [1.54, 1.807) is 0 Å². The van der Waals surface area contributed by atoms with Crippen molar-refractivity contribution in [1.82, 2.24) is 9.88 Å². The van der Waals surface area contributed by atoms with Crippen LogP contribution in [0.4, 0.5) is 4.79 Å². The largest absolute Gasteiger partial charge is 0.444 e. The lowest BCUT2D eigenvalue weighted by Crippen LogP contribution is -2.33. The number of amides is 1. The van der Waals surface area contributed by atoms with Crippen molar-refractivity contribution in [2.75, 3.05) is 6.54 Å². The number of alkyl carbamates (subject to hydrolysis) is 1. The van der Waals surface area contributed by atoms with Gasteiger partial charge in [0, 0.05) is 36.7 Å². The molecule has 3 rings (SSSR count). The van der Waals surface area contributed by atoms with Crippen LogP contribution in [-0.2, 0) is 24.2 Å². The van der Waals surface area contributed by atoms with Crippen LogP contribution in [0.5, 0.6) is 0 Å². The Morgan fingerprint density at radius 3 is 2.54 bits per heavy atom. The van der Waals surface area contributed by atoms with E-state index in [9.17, 15) is 4.79 Å². The predicted octanol–water partition coefficient (Wildman–Crippen LogP) is 4.22. The molecule has 0 saturated carbocycles. The highest BCUT2D eigenvalue weighted by Gasteiger charge is 2.16. The molecule has 0 unspecified atom stereocenters. The second-order valence-electron chi connectivity index (χ2n) is 8.00. The van der Waals surface area contributed by atoms with Gasteiger partial charge in [0.15, 0.2) is 0 Å². The van der Waals surface area contributed by atoms with Crippen molar-refractivity contribution >= 4 is 17.0 Å². The first-order chi connectivity index (χ1) is 13.4. The van der Waals surface area contributed by atoms with Gasteiger partial charge in [-0.3, -0.25) is 0 Å². The van der Waals surface area contributed by atoms with Crippen LogP contribution < -0.4 is 11.1 Å². The van der Waals surface area contributed by atoms with Crippen LogP contribution in [-0.4, -0.2) is 22.8 Å². The number of hydrogen-bond donors (Lipinski definition) is 2. The first kappa shape index (κ1) is 20.0. The summed E-state index contributed by atoms with van der Waals surface area (Å²) in [6.45, 7) is 7.42. The standard InChI is InChI=1S/C23H29N3O2/c1-23(2,3)28-22(27)25-12-11-19-16-26(15-17-7-5-4-6-8-17)21-13-18(14-24)9-10-20(19)21/h4-10,13,16H,11-12,14-15,24H2,1-3H3,(H,25,27). The van der Waals surface area contributed by atoms with E-state index in [0.717, 1.165) is 18.5 Å². The number of carbonyl (C=O) groups is 1. The van der Waals surface area contributed by atoms with Gasteiger partial charge in [-0.25, -0.2) is 4.79 Å².